The van der Waals surface area contributed by atoms with Crippen molar-refractivity contribution in [3.8, 4) is 0 Å². The first-order valence-electron chi connectivity index (χ1n) is 8.06. The molecule has 22 heavy (non-hydrogen) atoms. The molecule has 1 aliphatic heterocycles. The number of benzene rings is 1. The summed E-state index contributed by atoms with van der Waals surface area (Å²) < 4.78 is 13.4. The van der Waals surface area contributed by atoms with Crippen molar-refractivity contribution in [1.82, 2.24) is 10.2 Å². The Bertz CT molecular complexity index is 507. The number of carbonyl (C=O) groups is 1. The lowest BCUT2D eigenvalue weighted by molar-refractivity contribution is -0.121. The minimum Gasteiger partial charge on any atom is -0.354 e. The molecule has 2 rings (SSSR count). The summed E-state index contributed by atoms with van der Waals surface area (Å²) in [6.45, 7) is 4.76. The maximum atomic E-state index is 13.4. The van der Waals surface area contributed by atoms with Gasteiger partial charge in [0.25, 0.3) is 0 Å². The highest BCUT2D eigenvalue weighted by Crippen LogP contribution is 2.21. The van der Waals surface area contributed by atoms with Crippen molar-refractivity contribution < 1.29 is 9.18 Å². The molecule has 0 aromatic heterocycles. The average Bonchev–Trinajstić information content (AvgIpc) is 2.50. The van der Waals surface area contributed by atoms with Gasteiger partial charge in [-0.15, -0.1) is 0 Å². The predicted molar refractivity (Wildman–Crippen MR) is 85.9 cm³/mol. The van der Waals surface area contributed by atoms with Crippen LogP contribution in [0.1, 0.15) is 36.8 Å². The fourth-order valence-corrected chi connectivity index (χ4v) is 2.98. The summed E-state index contributed by atoms with van der Waals surface area (Å²) in [7, 11) is 0. The van der Waals surface area contributed by atoms with Crippen LogP contribution >= 0.6 is 0 Å². The number of likely N-dealkylation sites (tertiary alicyclic amines) is 1. The van der Waals surface area contributed by atoms with Gasteiger partial charge in [0.1, 0.15) is 5.82 Å². The van der Waals surface area contributed by atoms with Crippen LogP contribution in [0.25, 0.3) is 0 Å². The fourth-order valence-electron chi connectivity index (χ4n) is 2.98. The van der Waals surface area contributed by atoms with Crippen LogP contribution in [0.5, 0.6) is 0 Å². The SMILES string of the molecule is Cc1ccc(F)cc1CN1CCCCC1CNC(=O)CCN. The predicted octanol–water partition coefficient (Wildman–Crippen LogP) is 1.95. The number of halogens is 1. The Morgan fingerprint density at radius 2 is 2.27 bits per heavy atom. The van der Waals surface area contributed by atoms with Gasteiger partial charge in [0.2, 0.25) is 5.91 Å². The van der Waals surface area contributed by atoms with Gasteiger partial charge in [-0.25, -0.2) is 4.39 Å². The third-order valence-electron chi connectivity index (χ3n) is 4.34. The summed E-state index contributed by atoms with van der Waals surface area (Å²) in [5.74, 6) is -0.180. The number of amides is 1. The molecule has 1 saturated heterocycles. The van der Waals surface area contributed by atoms with Crippen molar-refractivity contribution in [1.29, 1.82) is 0 Å². The van der Waals surface area contributed by atoms with Gasteiger partial charge in [0, 0.05) is 32.1 Å². The van der Waals surface area contributed by atoms with Gasteiger partial charge in [-0.05, 0) is 49.6 Å². The molecular weight excluding hydrogens is 281 g/mol. The normalized spacial score (nSPS) is 19.1. The van der Waals surface area contributed by atoms with Gasteiger partial charge in [0.15, 0.2) is 0 Å². The van der Waals surface area contributed by atoms with Crippen molar-refractivity contribution in [3.05, 3.63) is 35.1 Å². The summed E-state index contributed by atoms with van der Waals surface area (Å²) in [5.41, 5.74) is 7.53. The number of hydrogen-bond acceptors (Lipinski definition) is 3. The number of aryl methyl sites for hydroxylation is 1. The third kappa shape index (κ3) is 4.78. The Morgan fingerprint density at radius 1 is 1.45 bits per heavy atom. The van der Waals surface area contributed by atoms with E-state index in [1.807, 2.05) is 13.0 Å². The van der Waals surface area contributed by atoms with Crippen molar-refractivity contribution in [2.45, 2.75) is 45.2 Å². The first-order chi connectivity index (χ1) is 10.6. The molecule has 5 heteroatoms. The first-order valence-corrected chi connectivity index (χ1v) is 8.06. The lowest BCUT2D eigenvalue weighted by atomic mass is 9.99. The largest absolute Gasteiger partial charge is 0.354 e. The highest BCUT2D eigenvalue weighted by molar-refractivity contribution is 5.76. The molecule has 0 spiro atoms. The minimum atomic E-state index is -0.189. The molecule has 1 aromatic rings. The Morgan fingerprint density at radius 3 is 3.05 bits per heavy atom. The molecule has 3 N–H and O–H groups in total. The monoisotopic (exact) mass is 307 g/mol. The third-order valence-corrected chi connectivity index (χ3v) is 4.34. The molecule has 122 valence electrons. The summed E-state index contributed by atoms with van der Waals surface area (Å²) in [4.78, 5) is 13.9. The zero-order valence-electron chi connectivity index (χ0n) is 13.3. The van der Waals surface area contributed by atoms with E-state index in [1.165, 1.54) is 12.5 Å². The number of nitrogens with one attached hydrogen (secondary N) is 1. The summed E-state index contributed by atoms with van der Waals surface area (Å²) >= 11 is 0. The second-order valence-electron chi connectivity index (χ2n) is 6.03. The lowest BCUT2D eigenvalue weighted by Crippen LogP contribution is -2.46. The van der Waals surface area contributed by atoms with Crippen LogP contribution in [0.15, 0.2) is 18.2 Å². The molecule has 0 aliphatic carbocycles. The Labute approximate surface area is 131 Å². The molecule has 0 saturated carbocycles. The number of carbonyl (C=O) groups excluding carboxylic acids is 1. The van der Waals surface area contributed by atoms with Gasteiger partial charge in [-0.3, -0.25) is 9.69 Å². The Kier molecular flexibility index (Phi) is 6.34. The number of nitrogens with two attached hydrogens (primary N) is 1. The standard InChI is InChI=1S/C17H26FN3O/c1-13-5-6-15(18)10-14(13)12-21-9-3-2-4-16(21)11-20-17(22)7-8-19/h5-6,10,16H,2-4,7-9,11-12,19H2,1H3,(H,20,22). The zero-order valence-corrected chi connectivity index (χ0v) is 13.3. The zero-order chi connectivity index (χ0) is 15.9. The molecular formula is C17H26FN3O. The maximum absolute atomic E-state index is 13.4. The van der Waals surface area contributed by atoms with Crippen molar-refractivity contribution >= 4 is 5.91 Å². The van der Waals surface area contributed by atoms with E-state index in [1.54, 1.807) is 6.07 Å². The van der Waals surface area contributed by atoms with E-state index in [2.05, 4.69) is 10.2 Å². The molecule has 0 bridgehead atoms. The van der Waals surface area contributed by atoms with Gasteiger partial charge < -0.3 is 11.1 Å². The molecule has 1 aromatic carbocycles. The lowest BCUT2D eigenvalue weighted by Gasteiger charge is -2.36. The number of hydrogen-bond donors (Lipinski definition) is 2. The highest BCUT2D eigenvalue weighted by atomic mass is 19.1. The van der Waals surface area contributed by atoms with E-state index in [-0.39, 0.29) is 11.7 Å². The van der Waals surface area contributed by atoms with E-state index >= 15 is 0 Å². The number of nitrogens with zero attached hydrogens (tertiary/aromatic N) is 1. The number of piperidine rings is 1. The molecule has 1 atom stereocenters. The van der Waals surface area contributed by atoms with E-state index in [4.69, 9.17) is 5.73 Å². The summed E-state index contributed by atoms with van der Waals surface area (Å²) in [6.07, 6.45) is 3.77. The van der Waals surface area contributed by atoms with Crippen molar-refractivity contribution in [2.24, 2.45) is 5.73 Å². The highest BCUT2D eigenvalue weighted by Gasteiger charge is 2.23. The van der Waals surface area contributed by atoms with E-state index in [0.29, 0.717) is 25.6 Å². The molecule has 0 radical (unpaired) electrons. The van der Waals surface area contributed by atoms with Crippen LogP contribution in [0.4, 0.5) is 4.39 Å². The molecule has 4 nitrogen and oxygen atoms in total. The van der Waals surface area contributed by atoms with Crippen LogP contribution in [-0.2, 0) is 11.3 Å². The maximum Gasteiger partial charge on any atom is 0.221 e. The summed E-state index contributed by atoms with van der Waals surface area (Å²) in [6, 6.07) is 5.26. The smallest absolute Gasteiger partial charge is 0.221 e. The van der Waals surface area contributed by atoms with Gasteiger partial charge in [0.05, 0.1) is 0 Å². The second kappa shape index (κ2) is 8.25. The second-order valence-corrected chi connectivity index (χ2v) is 6.03. The van der Waals surface area contributed by atoms with E-state index in [0.717, 1.165) is 37.1 Å². The quantitative estimate of drug-likeness (QED) is 0.844. The van der Waals surface area contributed by atoms with Crippen LogP contribution in [0, 0.1) is 12.7 Å². The summed E-state index contributed by atoms with van der Waals surface area (Å²) in [5, 5.41) is 2.96. The van der Waals surface area contributed by atoms with Crippen LogP contribution in [-0.4, -0.2) is 36.5 Å². The molecule has 1 heterocycles. The fraction of sp³-hybridized carbons (Fsp3) is 0.588. The minimum absolute atomic E-state index is 0.00922. The van der Waals surface area contributed by atoms with Gasteiger partial charge >= 0.3 is 0 Å². The van der Waals surface area contributed by atoms with Crippen LogP contribution in [0.2, 0.25) is 0 Å². The van der Waals surface area contributed by atoms with Gasteiger partial charge in [-0.1, -0.05) is 12.5 Å². The topological polar surface area (TPSA) is 58.4 Å². The van der Waals surface area contributed by atoms with E-state index < -0.39 is 0 Å². The van der Waals surface area contributed by atoms with E-state index in [9.17, 15) is 9.18 Å². The molecule has 1 unspecified atom stereocenters. The van der Waals surface area contributed by atoms with Crippen LogP contribution in [0.3, 0.4) is 0 Å². The number of rotatable bonds is 6. The van der Waals surface area contributed by atoms with Gasteiger partial charge in [-0.2, -0.15) is 0 Å². The van der Waals surface area contributed by atoms with Crippen LogP contribution < -0.4 is 11.1 Å². The Balaban J connectivity index is 1.97. The molecule has 1 aliphatic rings. The average molecular weight is 307 g/mol. The van der Waals surface area contributed by atoms with Crippen molar-refractivity contribution in [2.75, 3.05) is 19.6 Å². The molecule has 1 fully saturated rings. The Hall–Kier alpha value is -1.46. The van der Waals surface area contributed by atoms with Crippen molar-refractivity contribution in [3.63, 3.8) is 0 Å². The first kappa shape index (κ1) is 16.9. The molecule has 1 amide bonds.